The number of ether oxygens (including phenoxy) is 2. The van der Waals surface area contributed by atoms with Crippen LogP contribution in [-0.2, 0) is 9.47 Å². The van der Waals surface area contributed by atoms with Crippen LogP contribution in [0.25, 0.3) is 0 Å². The summed E-state index contributed by atoms with van der Waals surface area (Å²) in [5.41, 5.74) is 0.0959. The van der Waals surface area contributed by atoms with Gasteiger partial charge in [-0.05, 0) is 19.5 Å². The Balaban J connectivity index is 1.88. The molecule has 0 N–H and O–H groups in total. The van der Waals surface area contributed by atoms with Crippen LogP contribution in [0.2, 0.25) is 0 Å². The van der Waals surface area contributed by atoms with Crippen LogP contribution in [0.3, 0.4) is 0 Å². The van der Waals surface area contributed by atoms with Crippen LogP contribution in [0.1, 0.15) is 19.3 Å². The second-order valence-corrected chi connectivity index (χ2v) is 4.13. The number of rotatable bonds is 3. The number of methoxy groups -OCH3 is 1. The first-order valence-corrected chi connectivity index (χ1v) is 5.20. The minimum absolute atomic E-state index is 0.0959. The highest BCUT2D eigenvalue weighted by Crippen LogP contribution is 2.27. The Morgan fingerprint density at radius 3 is 2.46 bits per heavy atom. The molecule has 2 aliphatic rings. The van der Waals surface area contributed by atoms with E-state index >= 15 is 0 Å². The lowest BCUT2D eigenvalue weighted by Crippen LogP contribution is -2.52. The quantitative estimate of drug-likeness (QED) is 0.651. The van der Waals surface area contributed by atoms with E-state index in [0.717, 1.165) is 32.6 Å². The average Bonchev–Trinajstić information content (AvgIpc) is 2.13. The average molecular weight is 185 g/mol. The molecule has 0 bridgehead atoms. The summed E-state index contributed by atoms with van der Waals surface area (Å²) in [6.07, 6.45) is 3.47. The fourth-order valence-corrected chi connectivity index (χ4v) is 2.12. The molecule has 3 heteroatoms. The molecule has 13 heavy (non-hydrogen) atoms. The minimum Gasteiger partial charge on any atom is -0.381 e. The molecule has 2 rings (SSSR count). The first kappa shape index (κ1) is 9.44. The zero-order valence-corrected chi connectivity index (χ0v) is 8.42. The molecule has 76 valence electrons. The molecular formula is C10H19NO2. The predicted octanol–water partition coefficient (Wildman–Crippen LogP) is 0.888. The highest BCUT2D eigenvalue weighted by molar-refractivity contribution is 4.88. The first-order valence-electron chi connectivity index (χ1n) is 5.20. The maximum Gasteiger partial charge on any atom is 0.0848 e. The van der Waals surface area contributed by atoms with E-state index in [-0.39, 0.29) is 5.60 Å². The lowest BCUT2D eigenvalue weighted by Gasteiger charge is -2.43. The van der Waals surface area contributed by atoms with Crippen molar-refractivity contribution in [2.75, 3.05) is 40.0 Å². The Bertz CT molecular complexity index is 162. The van der Waals surface area contributed by atoms with Crippen LogP contribution < -0.4 is 0 Å². The van der Waals surface area contributed by atoms with E-state index in [9.17, 15) is 0 Å². The Labute approximate surface area is 80.0 Å². The number of hydrogen-bond acceptors (Lipinski definition) is 3. The summed E-state index contributed by atoms with van der Waals surface area (Å²) >= 11 is 0. The summed E-state index contributed by atoms with van der Waals surface area (Å²) in [7, 11) is 1.84. The van der Waals surface area contributed by atoms with Crippen LogP contribution in [0.15, 0.2) is 0 Å². The van der Waals surface area contributed by atoms with E-state index in [0.29, 0.717) is 0 Å². The molecule has 0 aromatic carbocycles. The van der Waals surface area contributed by atoms with E-state index in [1.54, 1.807) is 0 Å². The summed E-state index contributed by atoms with van der Waals surface area (Å²) in [5.74, 6) is 0. The van der Waals surface area contributed by atoms with Crippen molar-refractivity contribution in [1.29, 1.82) is 0 Å². The van der Waals surface area contributed by atoms with Crippen molar-refractivity contribution >= 4 is 0 Å². The highest BCUT2D eigenvalue weighted by Gasteiger charge is 2.35. The van der Waals surface area contributed by atoms with Crippen molar-refractivity contribution in [3.8, 4) is 0 Å². The summed E-state index contributed by atoms with van der Waals surface area (Å²) in [4.78, 5) is 2.48. The van der Waals surface area contributed by atoms with E-state index < -0.39 is 0 Å². The van der Waals surface area contributed by atoms with Gasteiger partial charge in [-0.25, -0.2) is 0 Å². The maximum atomic E-state index is 5.66. The Morgan fingerprint density at radius 2 is 2.00 bits per heavy atom. The van der Waals surface area contributed by atoms with Gasteiger partial charge in [0.1, 0.15) is 0 Å². The lowest BCUT2D eigenvalue weighted by atomic mass is 9.92. The zero-order chi connectivity index (χ0) is 9.15. The normalized spacial score (nSPS) is 28.4. The molecule has 0 atom stereocenters. The summed E-state index contributed by atoms with van der Waals surface area (Å²) < 4.78 is 11.0. The standard InChI is InChI=1S/C10H19NO2/c1-12-10(3-7-13-8-4-10)9-11-5-2-6-11/h2-9H2,1H3. The molecule has 0 saturated carbocycles. The molecule has 0 aromatic heterocycles. The Morgan fingerprint density at radius 1 is 1.31 bits per heavy atom. The molecule has 0 spiro atoms. The van der Waals surface area contributed by atoms with Crippen LogP contribution in [0, 0.1) is 0 Å². The van der Waals surface area contributed by atoms with Crippen molar-refractivity contribution in [2.24, 2.45) is 0 Å². The SMILES string of the molecule is COC1(CN2CCC2)CCOCC1. The van der Waals surface area contributed by atoms with Crippen LogP contribution >= 0.6 is 0 Å². The first-order chi connectivity index (χ1) is 6.35. The molecule has 2 saturated heterocycles. The fourth-order valence-electron chi connectivity index (χ4n) is 2.12. The van der Waals surface area contributed by atoms with Gasteiger partial charge in [-0.3, -0.25) is 0 Å². The van der Waals surface area contributed by atoms with Gasteiger partial charge in [-0.15, -0.1) is 0 Å². The molecule has 3 nitrogen and oxygen atoms in total. The van der Waals surface area contributed by atoms with Crippen molar-refractivity contribution in [3.63, 3.8) is 0 Å². The van der Waals surface area contributed by atoms with Gasteiger partial charge >= 0.3 is 0 Å². The zero-order valence-electron chi connectivity index (χ0n) is 8.42. The second-order valence-electron chi connectivity index (χ2n) is 4.13. The number of nitrogens with zero attached hydrogens (tertiary/aromatic N) is 1. The van der Waals surface area contributed by atoms with E-state index in [1.807, 2.05) is 7.11 Å². The van der Waals surface area contributed by atoms with Gasteiger partial charge in [-0.2, -0.15) is 0 Å². The van der Waals surface area contributed by atoms with Gasteiger partial charge in [0.25, 0.3) is 0 Å². The summed E-state index contributed by atoms with van der Waals surface area (Å²) in [6.45, 7) is 5.34. The topological polar surface area (TPSA) is 21.7 Å². The molecule has 2 fully saturated rings. The maximum absolute atomic E-state index is 5.66. The van der Waals surface area contributed by atoms with E-state index in [1.165, 1.54) is 19.5 Å². The van der Waals surface area contributed by atoms with Crippen LogP contribution in [0.4, 0.5) is 0 Å². The number of hydrogen-bond donors (Lipinski definition) is 0. The largest absolute Gasteiger partial charge is 0.381 e. The second kappa shape index (κ2) is 3.95. The van der Waals surface area contributed by atoms with E-state index in [2.05, 4.69) is 4.90 Å². The van der Waals surface area contributed by atoms with Crippen LogP contribution in [-0.4, -0.2) is 50.5 Å². The predicted molar refractivity (Wildman–Crippen MR) is 50.9 cm³/mol. The Hall–Kier alpha value is -0.120. The monoisotopic (exact) mass is 185 g/mol. The van der Waals surface area contributed by atoms with E-state index in [4.69, 9.17) is 9.47 Å². The van der Waals surface area contributed by atoms with Gasteiger partial charge < -0.3 is 14.4 Å². The van der Waals surface area contributed by atoms with Crippen molar-refractivity contribution < 1.29 is 9.47 Å². The molecule has 2 aliphatic heterocycles. The third kappa shape index (κ3) is 2.03. The van der Waals surface area contributed by atoms with Gasteiger partial charge in [0, 0.05) is 39.7 Å². The fraction of sp³-hybridized carbons (Fsp3) is 1.00. The lowest BCUT2D eigenvalue weighted by molar-refractivity contribution is -0.110. The molecule has 0 aromatic rings. The summed E-state index contributed by atoms with van der Waals surface area (Å²) in [6, 6.07) is 0. The molecule has 0 unspecified atom stereocenters. The van der Waals surface area contributed by atoms with Gasteiger partial charge in [-0.1, -0.05) is 0 Å². The smallest absolute Gasteiger partial charge is 0.0848 e. The van der Waals surface area contributed by atoms with Gasteiger partial charge in [0.05, 0.1) is 5.60 Å². The van der Waals surface area contributed by atoms with Gasteiger partial charge in [0.15, 0.2) is 0 Å². The van der Waals surface area contributed by atoms with Crippen molar-refractivity contribution in [1.82, 2.24) is 4.90 Å². The molecule has 0 aliphatic carbocycles. The third-order valence-electron chi connectivity index (χ3n) is 3.30. The molecule has 0 radical (unpaired) electrons. The van der Waals surface area contributed by atoms with Crippen molar-refractivity contribution in [2.45, 2.75) is 24.9 Å². The van der Waals surface area contributed by atoms with Crippen LogP contribution in [0.5, 0.6) is 0 Å². The Kier molecular flexibility index (Phi) is 2.86. The summed E-state index contributed by atoms with van der Waals surface area (Å²) in [5, 5.41) is 0. The highest BCUT2D eigenvalue weighted by atomic mass is 16.5. The minimum atomic E-state index is 0.0959. The molecule has 2 heterocycles. The van der Waals surface area contributed by atoms with Crippen molar-refractivity contribution in [3.05, 3.63) is 0 Å². The molecule has 0 amide bonds. The third-order valence-corrected chi connectivity index (χ3v) is 3.30. The number of likely N-dealkylation sites (tertiary alicyclic amines) is 1. The van der Waals surface area contributed by atoms with Gasteiger partial charge in [0.2, 0.25) is 0 Å². The molecular weight excluding hydrogens is 166 g/mol.